The van der Waals surface area contributed by atoms with Gasteiger partial charge < -0.3 is 26.0 Å². The molecule has 1 saturated heterocycles. The van der Waals surface area contributed by atoms with Crippen LogP contribution in [0.15, 0.2) is 72.4 Å². The zero-order chi connectivity index (χ0) is 32.0. The molecule has 1 aliphatic carbocycles. The minimum absolute atomic E-state index is 0.0420. The van der Waals surface area contributed by atoms with E-state index in [0.29, 0.717) is 63.0 Å². The van der Waals surface area contributed by atoms with E-state index in [1.165, 1.54) is 11.3 Å². The van der Waals surface area contributed by atoms with E-state index in [9.17, 15) is 19.6 Å². The van der Waals surface area contributed by atoms with Crippen LogP contribution in [0.2, 0.25) is 0 Å². The van der Waals surface area contributed by atoms with Gasteiger partial charge in [0.15, 0.2) is 0 Å². The number of nitriles is 1. The summed E-state index contributed by atoms with van der Waals surface area (Å²) in [5.74, 6) is 0.634. The average molecular weight is 634 g/mol. The van der Waals surface area contributed by atoms with Crippen LogP contribution in [0.4, 0.5) is 21.9 Å². The fourth-order valence-corrected chi connectivity index (χ4v) is 6.99. The van der Waals surface area contributed by atoms with E-state index in [1.54, 1.807) is 28.1 Å². The molecule has 3 aliphatic rings. The third-order valence-electron chi connectivity index (χ3n) is 8.49. The second-order valence-electron chi connectivity index (χ2n) is 11.9. The Labute approximate surface area is 269 Å². The lowest BCUT2D eigenvalue weighted by atomic mass is 10.0. The first kappa shape index (κ1) is 29.5. The molecule has 1 saturated carbocycles. The number of ether oxygens (including phenoxy) is 1. The van der Waals surface area contributed by atoms with Gasteiger partial charge in [0, 0.05) is 30.9 Å². The topological polar surface area (TPSA) is 154 Å². The number of likely N-dealkylation sites (tertiary alicyclic amines) is 1. The summed E-state index contributed by atoms with van der Waals surface area (Å²) < 4.78 is 5.98. The van der Waals surface area contributed by atoms with Crippen LogP contribution in [-0.2, 0) is 4.79 Å². The van der Waals surface area contributed by atoms with Gasteiger partial charge in [-0.3, -0.25) is 14.5 Å². The maximum absolute atomic E-state index is 13.7. The van der Waals surface area contributed by atoms with E-state index in [2.05, 4.69) is 15.6 Å². The van der Waals surface area contributed by atoms with Crippen LogP contribution < -0.4 is 26.0 Å². The highest BCUT2D eigenvalue weighted by atomic mass is 32.1. The third kappa shape index (κ3) is 5.55. The van der Waals surface area contributed by atoms with Gasteiger partial charge in [0.1, 0.15) is 32.8 Å². The summed E-state index contributed by atoms with van der Waals surface area (Å²) in [6.07, 6.45) is 6.06. The number of nitrogens with two attached hydrogens (primary N) is 1. The van der Waals surface area contributed by atoms with E-state index in [4.69, 9.17) is 10.5 Å². The van der Waals surface area contributed by atoms with Crippen LogP contribution in [0.25, 0.3) is 10.2 Å². The van der Waals surface area contributed by atoms with Gasteiger partial charge in [-0.2, -0.15) is 5.26 Å². The second-order valence-corrected chi connectivity index (χ2v) is 12.9. The van der Waals surface area contributed by atoms with Crippen molar-refractivity contribution in [2.75, 3.05) is 23.3 Å². The van der Waals surface area contributed by atoms with Crippen molar-refractivity contribution in [1.82, 2.24) is 15.2 Å². The van der Waals surface area contributed by atoms with Crippen molar-refractivity contribution in [3.63, 3.8) is 0 Å². The Bertz CT molecular complexity index is 1960. The number of nitrogens with one attached hydrogen (secondary N) is 2. The number of pyridine rings is 1. The molecule has 12 heteroatoms. The van der Waals surface area contributed by atoms with Gasteiger partial charge in [0.2, 0.25) is 0 Å². The first-order valence-corrected chi connectivity index (χ1v) is 15.9. The number of para-hydroxylation sites is 1. The molecule has 46 heavy (non-hydrogen) atoms. The molecule has 4 amide bonds. The Morgan fingerprint density at radius 3 is 2.72 bits per heavy atom. The van der Waals surface area contributed by atoms with Crippen LogP contribution in [0, 0.1) is 18.3 Å². The Morgan fingerprint density at radius 2 is 1.98 bits per heavy atom. The van der Waals surface area contributed by atoms with Crippen LogP contribution >= 0.6 is 11.3 Å². The number of benzene rings is 2. The van der Waals surface area contributed by atoms with Gasteiger partial charge in [-0.15, -0.1) is 11.3 Å². The predicted molar refractivity (Wildman–Crippen MR) is 175 cm³/mol. The number of anilines is 3. The molecule has 11 nitrogen and oxygen atoms in total. The SMILES string of the molecule is Cc1cc(Oc2ccccc2)ccc1N1C(=O)Nc2c(C(=O)N[C@@H]3CCCN(C(=O)/C(C#N)=C/C4(N)CC4)C3)sc3nccc1c23. The van der Waals surface area contributed by atoms with Crippen molar-refractivity contribution < 1.29 is 19.1 Å². The van der Waals surface area contributed by atoms with Crippen molar-refractivity contribution >= 4 is 56.5 Å². The molecule has 1 atom stereocenters. The highest BCUT2D eigenvalue weighted by molar-refractivity contribution is 7.21. The fourth-order valence-electron chi connectivity index (χ4n) is 5.97. The van der Waals surface area contributed by atoms with E-state index in [-0.39, 0.29) is 30.0 Å². The molecule has 2 aromatic heterocycles. The van der Waals surface area contributed by atoms with E-state index < -0.39 is 11.6 Å². The second kappa shape index (κ2) is 11.6. The van der Waals surface area contributed by atoms with Gasteiger partial charge >= 0.3 is 6.03 Å². The number of aryl methyl sites for hydroxylation is 1. The lowest BCUT2D eigenvalue weighted by Crippen LogP contribution is -2.50. The van der Waals surface area contributed by atoms with Crippen molar-refractivity contribution in [2.45, 2.75) is 44.2 Å². The summed E-state index contributed by atoms with van der Waals surface area (Å²) in [5.41, 5.74) is 8.13. The average Bonchev–Trinajstić information content (AvgIpc) is 3.67. The maximum Gasteiger partial charge on any atom is 0.331 e. The Kier molecular flexibility index (Phi) is 7.43. The van der Waals surface area contributed by atoms with Gasteiger partial charge in [0.05, 0.1) is 22.4 Å². The molecule has 2 aliphatic heterocycles. The van der Waals surface area contributed by atoms with Crippen molar-refractivity contribution in [2.24, 2.45) is 5.73 Å². The quantitative estimate of drug-likeness (QED) is 0.173. The highest BCUT2D eigenvalue weighted by Gasteiger charge is 2.38. The molecular weight excluding hydrogens is 602 g/mol. The van der Waals surface area contributed by atoms with Crippen molar-refractivity contribution in [1.29, 1.82) is 5.26 Å². The summed E-state index contributed by atoms with van der Waals surface area (Å²) in [7, 11) is 0. The molecule has 232 valence electrons. The summed E-state index contributed by atoms with van der Waals surface area (Å²) in [4.78, 5) is 49.1. The molecule has 4 heterocycles. The lowest BCUT2D eigenvalue weighted by molar-refractivity contribution is -0.128. The fraction of sp³-hybridized carbons (Fsp3) is 0.265. The first-order chi connectivity index (χ1) is 22.2. The predicted octanol–water partition coefficient (Wildman–Crippen LogP) is 5.74. The summed E-state index contributed by atoms with van der Waals surface area (Å²) >= 11 is 1.20. The molecule has 0 radical (unpaired) electrons. The van der Waals surface area contributed by atoms with Gasteiger partial charge in [-0.25, -0.2) is 9.78 Å². The van der Waals surface area contributed by atoms with Crippen molar-refractivity contribution in [3.05, 3.63) is 82.9 Å². The standard InChI is InChI=1S/C34H31N7O4S/c1-20-16-24(45-23-7-3-2-4-8-23)9-10-25(20)41-26-11-14-37-31-27(26)28(39-33(41)44)29(46-31)30(42)38-22-6-5-15-40(19-22)32(43)21(18-35)17-34(36)12-13-34/h2-4,7-11,14,16-17,22H,5-6,12-13,15,19,36H2,1H3,(H,38,42)(H,39,44)/b21-17+/t22-/m1/s1. The van der Waals surface area contributed by atoms with Crippen LogP contribution in [0.3, 0.4) is 0 Å². The number of hydrogen-bond acceptors (Lipinski definition) is 8. The Morgan fingerprint density at radius 1 is 1.17 bits per heavy atom. The minimum Gasteiger partial charge on any atom is -0.457 e. The minimum atomic E-state index is -0.571. The maximum atomic E-state index is 13.7. The first-order valence-electron chi connectivity index (χ1n) is 15.1. The smallest absolute Gasteiger partial charge is 0.331 e. The zero-order valence-corrected chi connectivity index (χ0v) is 25.9. The van der Waals surface area contributed by atoms with E-state index >= 15 is 0 Å². The molecule has 4 N–H and O–H groups in total. The number of carbonyl (C=O) groups is 3. The third-order valence-corrected chi connectivity index (χ3v) is 9.59. The summed E-state index contributed by atoms with van der Waals surface area (Å²) in [6.45, 7) is 2.68. The van der Waals surface area contributed by atoms with E-state index in [0.717, 1.165) is 18.4 Å². The summed E-state index contributed by atoms with van der Waals surface area (Å²) in [6, 6.07) is 18.1. The molecule has 4 aromatic rings. The highest BCUT2D eigenvalue weighted by Crippen LogP contribution is 2.46. The number of aromatic nitrogens is 1. The van der Waals surface area contributed by atoms with Gasteiger partial charge in [-0.05, 0) is 80.6 Å². The summed E-state index contributed by atoms with van der Waals surface area (Å²) in [5, 5.41) is 16.3. The molecule has 2 aromatic carbocycles. The number of rotatable bonds is 7. The number of nitrogens with zero attached hydrogens (tertiary/aromatic N) is 4. The van der Waals surface area contributed by atoms with Gasteiger partial charge in [0.25, 0.3) is 11.8 Å². The number of thiophene rings is 1. The van der Waals surface area contributed by atoms with Gasteiger partial charge in [-0.1, -0.05) is 18.2 Å². The number of hydrogen-bond donors (Lipinski definition) is 3. The molecular formula is C34H31N7O4S. The molecule has 0 spiro atoms. The molecule has 2 fully saturated rings. The number of amides is 4. The molecule has 0 bridgehead atoms. The number of piperidine rings is 1. The Hall–Kier alpha value is -5.25. The number of carbonyl (C=O) groups excluding carboxylic acids is 3. The zero-order valence-electron chi connectivity index (χ0n) is 25.1. The van der Waals surface area contributed by atoms with Crippen LogP contribution in [-0.4, -0.2) is 52.4 Å². The van der Waals surface area contributed by atoms with Crippen LogP contribution in [0.5, 0.6) is 11.5 Å². The lowest BCUT2D eigenvalue weighted by Gasteiger charge is -2.33. The van der Waals surface area contributed by atoms with Crippen molar-refractivity contribution in [3.8, 4) is 17.6 Å². The normalized spacial score (nSPS) is 18.5. The number of urea groups is 1. The van der Waals surface area contributed by atoms with Crippen LogP contribution in [0.1, 0.15) is 40.9 Å². The monoisotopic (exact) mass is 633 g/mol. The molecule has 7 rings (SSSR count). The molecule has 0 unspecified atom stereocenters. The Balaban J connectivity index is 1.12. The van der Waals surface area contributed by atoms with E-state index in [1.807, 2.05) is 61.5 Å². The largest absolute Gasteiger partial charge is 0.457 e.